The van der Waals surface area contributed by atoms with E-state index < -0.39 is 5.54 Å². The molecule has 2 fully saturated rings. The molecule has 0 spiro atoms. The summed E-state index contributed by atoms with van der Waals surface area (Å²) >= 11 is 0. The van der Waals surface area contributed by atoms with Crippen LogP contribution in [0.1, 0.15) is 19.3 Å². The second kappa shape index (κ2) is 5.42. The smallest absolute Gasteiger partial charge is 0.244 e. The van der Waals surface area contributed by atoms with Crippen molar-refractivity contribution in [1.29, 1.82) is 0 Å². The third kappa shape index (κ3) is 2.64. The summed E-state index contributed by atoms with van der Waals surface area (Å²) in [6.45, 7) is 3.37. The molecule has 5 nitrogen and oxygen atoms in total. The molecule has 3 rings (SSSR count). The van der Waals surface area contributed by atoms with E-state index in [0.29, 0.717) is 0 Å². The van der Waals surface area contributed by atoms with Gasteiger partial charge >= 0.3 is 0 Å². The zero-order valence-electron chi connectivity index (χ0n) is 11.6. The molecule has 108 valence electrons. The van der Waals surface area contributed by atoms with Crippen LogP contribution in [0, 0.1) is 0 Å². The number of morpholine rings is 1. The number of rotatable bonds is 3. The Morgan fingerprint density at radius 3 is 2.40 bits per heavy atom. The number of nitrogens with one attached hydrogen (secondary N) is 1. The molecule has 1 aromatic rings. The van der Waals surface area contributed by atoms with Gasteiger partial charge in [0.25, 0.3) is 0 Å². The summed E-state index contributed by atoms with van der Waals surface area (Å²) < 4.78 is 5.34. The van der Waals surface area contributed by atoms with Crippen molar-refractivity contribution in [3.05, 3.63) is 24.3 Å². The number of hydrogen-bond acceptors (Lipinski definition) is 4. The van der Waals surface area contributed by atoms with Crippen molar-refractivity contribution in [1.82, 2.24) is 0 Å². The van der Waals surface area contributed by atoms with E-state index >= 15 is 0 Å². The van der Waals surface area contributed by atoms with Crippen molar-refractivity contribution in [2.75, 3.05) is 36.5 Å². The lowest BCUT2D eigenvalue weighted by Crippen LogP contribution is -2.56. The molecule has 2 aliphatic rings. The summed E-state index contributed by atoms with van der Waals surface area (Å²) in [5, 5.41) is 2.91. The highest BCUT2D eigenvalue weighted by Crippen LogP contribution is 2.30. The molecular formula is C15H21N3O2. The lowest BCUT2D eigenvalue weighted by molar-refractivity contribution is -0.123. The first kappa shape index (κ1) is 13.4. The van der Waals surface area contributed by atoms with Crippen molar-refractivity contribution in [2.24, 2.45) is 5.73 Å². The normalized spacial score (nSPS) is 21.1. The molecule has 1 saturated heterocycles. The van der Waals surface area contributed by atoms with Crippen molar-refractivity contribution < 1.29 is 9.53 Å². The summed E-state index contributed by atoms with van der Waals surface area (Å²) in [4.78, 5) is 14.3. The van der Waals surface area contributed by atoms with Crippen LogP contribution in [-0.2, 0) is 9.53 Å². The fourth-order valence-electron chi connectivity index (χ4n) is 2.62. The van der Waals surface area contributed by atoms with Crippen LogP contribution in [0.3, 0.4) is 0 Å². The number of ether oxygens (including phenoxy) is 1. The standard InChI is InChI=1S/C15H21N3O2/c16-15(6-1-7-15)14(19)17-12-2-4-13(5-3-12)18-8-10-20-11-9-18/h2-5H,1,6-11,16H2,(H,17,19). The van der Waals surface area contributed by atoms with Gasteiger partial charge in [-0.25, -0.2) is 0 Å². The zero-order valence-corrected chi connectivity index (χ0v) is 11.6. The molecule has 5 heteroatoms. The minimum absolute atomic E-state index is 0.0668. The number of nitrogens with two attached hydrogens (primary N) is 1. The molecule has 0 bridgehead atoms. The zero-order chi connectivity index (χ0) is 14.0. The van der Waals surface area contributed by atoms with Gasteiger partial charge in [0.1, 0.15) is 0 Å². The molecule has 1 heterocycles. The third-order valence-corrected chi connectivity index (χ3v) is 4.20. The number of carbonyl (C=O) groups is 1. The van der Waals surface area contributed by atoms with E-state index in [-0.39, 0.29) is 5.91 Å². The van der Waals surface area contributed by atoms with Crippen LogP contribution in [0.15, 0.2) is 24.3 Å². The minimum atomic E-state index is -0.650. The molecule has 1 aliphatic heterocycles. The van der Waals surface area contributed by atoms with Crippen molar-refractivity contribution >= 4 is 17.3 Å². The predicted octanol–water partition coefficient (Wildman–Crippen LogP) is 1.34. The monoisotopic (exact) mass is 275 g/mol. The second-order valence-electron chi connectivity index (χ2n) is 5.61. The van der Waals surface area contributed by atoms with E-state index in [9.17, 15) is 4.79 Å². The van der Waals surface area contributed by atoms with Gasteiger partial charge in [0.2, 0.25) is 5.91 Å². The fourth-order valence-corrected chi connectivity index (χ4v) is 2.62. The highest BCUT2D eigenvalue weighted by atomic mass is 16.5. The Hall–Kier alpha value is -1.59. The molecule has 0 unspecified atom stereocenters. The van der Waals surface area contributed by atoms with Crippen LogP contribution in [0.5, 0.6) is 0 Å². The summed E-state index contributed by atoms with van der Waals surface area (Å²) in [5.41, 5.74) is 7.33. The predicted molar refractivity (Wildman–Crippen MR) is 78.9 cm³/mol. The Morgan fingerprint density at radius 2 is 1.85 bits per heavy atom. The van der Waals surface area contributed by atoms with Crippen molar-refractivity contribution in [3.8, 4) is 0 Å². The van der Waals surface area contributed by atoms with Crippen molar-refractivity contribution in [2.45, 2.75) is 24.8 Å². The van der Waals surface area contributed by atoms with E-state index in [4.69, 9.17) is 10.5 Å². The number of hydrogen-bond donors (Lipinski definition) is 2. The van der Waals surface area contributed by atoms with Crippen LogP contribution in [0.25, 0.3) is 0 Å². The highest BCUT2D eigenvalue weighted by molar-refractivity contribution is 5.98. The highest BCUT2D eigenvalue weighted by Gasteiger charge is 2.40. The van der Waals surface area contributed by atoms with E-state index in [1.54, 1.807) is 0 Å². The topological polar surface area (TPSA) is 67.6 Å². The van der Waals surface area contributed by atoms with E-state index in [1.807, 2.05) is 24.3 Å². The largest absolute Gasteiger partial charge is 0.378 e. The summed E-state index contributed by atoms with van der Waals surface area (Å²) in [7, 11) is 0. The molecule has 3 N–H and O–H groups in total. The van der Waals surface area contributed by atoms with Crippen LogP contribution in [-0.4, -0.2) is 37.7 Å². The van der Waals surface area contributed by atoms with E-state index in [2.05, 4.69) is 10.2 Å². The van der Waals surface area contributed by atoms with Gasteiger partial charge in [-0.3, -0.25) is 4.79 Å². The van der Waals surface area contributed by atoms with Crippen molar-refractivity contribution in [3.63, 3.8) is 0 Å². The summed E-state index contributed by atoms with van der Waals surface area (Å²) in [6.07, 6.45) is 2.61. The lowest BCUT2D eigenvalue weighted by Gasteiger charge is -2.36. The molecular weight excluding hydrogens is 254 g/mol. The van der Waals surface area contributed by atoms with E-state index in [0.717, 1.165) is 56.9 Å². The van der Waals surface area contributed by atoms with Gasteiger partial charge in [0, 0.05) is 24.5 Å². The maximum Gasteiger partial charge on any atom is 0.244 e. The molecule has 1 amide bonds. The first-order valence-electron chi connectivity index (χ1n) is 7.20. The molecule has 0 atom stereocenters. The Bertz CT molecular complexity index is 476. The van der Waals surface area contributed by atoms with Gasteiger partial charge < -0.3 is 20.7 Å². The first-order valence-corrected chi connectivity index (χ1v) is 7.20. The van der Waals surface area contributed by atoms with Crippen LogP contribution >= 0.6 is 0 Å². The number of anilines is 2. The number of nitrogens with zero attached hydrogens (tertiary/aromatic N) is 1. The van der Waals surface area contributed by atoms with Crippen LogP contribution in [0.2, 0.25) is 0 Å². The molecule has 0 aromatic heterocycles. The summed E-state index contributed by atoms with van der Waals surface area (Å²) in [6, 6.07) is 7.94. The lowest BCUT2D eigenvalue weighted by atomic mass is 9.77. The van der Waals surface area contributed by atoms with E-state index in [1.165, 1.54) is 0 Å². The maximum atomic E-state index is 12.0. The number of amides is 1. The minimum Gasteiger partial charge on any atom is -0.378 e. The summed E-state index contributed by atoms with van der Waals surface area (Å²) in [5.74, 6) is -0.0668. The molecule has 1 saturated carbocycles. The van der Waals surface area contributed by atoms with Gasteiger partial charge in [0.05, 0.1) is 18.8 Å². The van der Waals surface area contributed by atoms with Gasteiger partial charge in [-0.15, -0.1) is 0 Å². The fraction of sp³-hybridized carbons (Fsp3) is 0.533. The average molecular weight is 275 g/mol. The van der Waals surface area contributed by atoms with Gasteiger partial charge in [-0.1, -0.05) is 0 Å². The maximum absolute atomic E-state index is 12.0. The van der Waals surface area contributed by atoms with Crippen LogP contribution in [0.4, 0.5) is 11.4 Å². The average Bonchev–Trinajstić information content (AvgIpc) is 2.46. The Morgan fingerprint density at radius 1 is 1.20 bits per heavy atom. The number of benzene rings is 1. The first-order chi connectivity index (χ1) is 9.67. The van der Waals surface area contributed by atoms with Gasteiger partial charge in [0.15, 0.2) is 0 Å². The Labute approximate surface area is 119 Å². The number of carbonyl (C=O) groups excluding carboxylic acids is 1. The van der Waals surface area contributed by atoms with Gasteiger partial charge in [-0.2, -0.15) is 0 Å². The van der Waals surface area contributed by atoms with Gasteiger partial charge in [-0.05, 0) is 43.5 Å². The Balaban J connectivity index is 1.62. The molecule has 1 aliphatic carbocycles. The molecule has 0 radical (unpaired) electrons. The van der Waals surface area contributed by atoms with Crippen LogP contribution < -0.4 is 16.0 Å². The Kier molecular flexibility index (Phi) is 3.63. The molecule has 1 aromatic carbocycles. The second-order valence-corrected chi connectivity index (χ2v) is 5.61. The molecule has 20 heavy (non-hydrogen) atoms. The SMILES string of the molecule is NC1(C(=O)Nc2ccc(N3CCOCC3)cc2)CCC1. The quantitative estimate of drug-likeness (QED) is 0.873. The third-order valence-electron chi connectivity index (χ3n) is 4.20.